The Kier molecular flexibility index (Phi) is 3.34. The topological polar surface area (TPSA) is 3.24 Å². The van der Waals surface area contributed by atoms with E-state index in [2.05, 4.69) is 29.2 Å². The lowest BCUT2D eigenvalue weighted by molar-refractivity contribution is 0.0905. The molecule has 0 aromatic heterocycles. The van der Waals surface area contributed by atoms with Crippen LogP contribution in [0.4, 0.5) is 0 Å². The highest BCUT2D eigenvalue weighted by Gasteiger charge is 2.39. The average molecular weight is 269 g/mol. The van der Waals surface area contributed by atoms with E-state index in [9.17, 15) is 0 Å². The van der Waals surface area contributed by atoms with Gasteiger partial charge in [0.2, 0.25) is 0 Å². The van der Waals surface area contributed by atoms with Gasteiger partial charge in [-0.2, -0.15) is 0 Å². The molecule has 1 saturated carbocycles. The Morgan fingerprint density at radius 2 is 1.60 bits per heavy atom. The lowest BCUT2D eigenvalue weighted by atomic mass is 9.63. The van der Waals surface area contributed by atoms with E-state index in [-0.39, 0.29) is 0 Å². The predicted molar refractivity (Wildman–Crippen MR) is 84.0 cm³/mol. The van der Waals surface area contributed by atoms with E-state index in [1.54, 1.807) is 11.1 Å². The second-order valence-electron chi connectivity index (χ2n) is 7.42. The lowest BCUT2D eigenvalue weighted by Crippen LogP contribution is -2.41. The Labute approximate surface area is 123 Å². The van der Waals surface area contributed by atoms with Gasteiger partial charge in [-0.3, -0.25) is 0 Å². The van der Waals surface area contributed by atoms with Gasteiger partial charge in [0.1, 0.15) is 0 Å². The molecule has 0 radical (unpaired) electrons. The fourth-order valence-electron chi connectivity index (χ4n) is 4.98. The summed E-state index contributed by atoms with van der Waals surface area (Å²) in [6.45, 7) is 2.75. The maximum absolute atomic E-state index is 2.78. The number of aryl methyl sites for hydroxylation is 1. The molecule has 1 heterocycles. The first-order valence-electron chi connectivity index (χ1n) is 8.66. The van der Waals surface area contributed by atoms with Gasteiger partial charge in [-0.05, 0) is 87.4 Å². The van der Waals surface area contributed by atoms with Crippen LogP contribution in [0.1, 0.15) is 56.1 Å². The van der Waals surface area contributed by atoms with Crippen molar-refractivity contribution in [1.29, 1.82) is 0 Å². The Morgan fingerprint density at radius 3 is 2.35 bits per heavy atom. The number of rotatable bonds is 1. The highest BCUT2D eigenvalue weighted by atomic mass is 15.2. The minimum atomic E-state index is 0.657. The number of nitrogens with zero attached hydrogens (tertiary/aromatic N) is 1. The molecule has 0 atom stereocenters. The van der Waals surface area contributed by atoms with Gasteiger partial charge in [-0.15, -0.1) is 0 Å². The van der Waals surface area contributed by atoms with Crippen molar-refractivity contribution in [3.63, 3.8) is 0 Å². The van der Waals surface area contributed by atoms with Crippen molar-refractivity contribution in [1.82, 2.24) is 4.90 Å². The second-order valence-corrected chi connectivity index (χ2v) is 7.42. The molecule has 1 nitrogen and oxygen atoms in total. The monoisotopic (exact) mass is 269 g/mol. The summed E-state index contributed by atoms with van der Waals surface area (Å²) in [4.78, 5) is 2.78. The summed E-state index contributed by atoms with van der Waals surface area (Å²) < 4.78 is 0. The average Bonchev–Trinajstić information content (AvgIpc) is 3.02. The molecule has 0 N–H and O–H groups in total. The summed E-state index contributed by atoms with van der Waals surface area (Å²) in [6, 6.07) is 10.1. The zero-order valence-electron chi connectivity index (χ0n) is 12.6. The summed E-state index contributed by atoms with van der Waals surface area (Å²) in [5.41, 5.74) is 3.93. The van der Waals surface area contributed by atoms with Gasteiger partial charge in [-0.25, -0.2) is 0 Å². The third-order valence-electron chi connectivity index (χ3n) is 6.28. The van der Waals surface area contributed by atoms with Crippen LogP contribution in [0.3, 0.4) is 0 Å². The molecule has 1 aliphatic heterocycles. The maximum atomic E-state index is 2.78. The molecule has 0 bridgehead atoms. The molecule has 2 fully saturated rings. The third-order valence-corrected chi connectivity index (χ3v) is 6.28. The number of hydrogen-bond acceptors (Lipinski definition) is 1. The van der Waals surface area contributed by atoms with Crippen molar-refractivity contribution in [3.8, 4) is 0 Å². The highest BCUT2D eigenvalue weighted by Crippen LogP contribution is 2.47. The molecule has 108 valence electrons. The van der Waals surface area contributed by atoms with E-state index in [1.807, 2.05) is 0 Å². The largest absolute Gasteiger partial charge is 0.300 e. The minimum Gasteiger partial charge on any atom is -0.300 e. The van der Waals surface area contributed by atoms with Crippen LogP contribution in [0, 0.1) is 5.41 Å². The third kappa shape index (κ3) is 2.30. The van der Waals surface area contributed by atoms with Crippen LogP contribution in [0.5, 0.6) is 0 Å². The van der Waals surface area contributed by atoms with Gasteiger partial charge in [0, 0.05) is 6.04 Å². The molecule has 0 unspecified atom stereocenters. The fraction of sp³-hybridized carbons (Fsp3) is 0.684. The van der Waals surface area contributed by atoms with E-state index in [4.69, 9.17) is 0 Å². The van der Waals surface area contributed by atoms with E-state index in [0.29, 0.717) is 5.41 Å². The molecule has 4 rings (SSSR count). The van der Waals surface area contributed by atoms with Crippen LogP contribution in [0.15, 0.2) is 24.3 Å². The Bertz CT molecular complexity index is 464. The van der Waals surface area contributed by atoms with Gasteiger partial charge < -0.3 is 4.90 Å². The number of fused-ring (bicyclic) bond motifs is 1. The zero-order valence-corrected chi connectivity index (χ0v) is 12.6. The Hall–Kier alpha value is -0.820. The molecule has 0 amide bonds. The van der Waals surface area contributed by atoms with E-state index in [1.165, 1.54) is 70.9 Å². The van der Waals surface area contributed by atoms with Crippen molar-refractivity contribution in [2.75, 3.05) is 13.1 Å². The van der Waals surface area contributed by atoms with E-state index in [0.717, 1.165) is 6.04 Å². The molecule has 1 saturated heterocycles. The second kappa shape index (κ2) is 5.18. The van der Waals surface area contributed by atoms with Crippen LogP contribution in [-0.4, -0.2) is 24.0 Å². The maximum Gasteiger partial charge on any atom is 0.00956 e. The van der Waals surface area contributed by atoms with Crippen LogP contribution in [0.25, 0.3) is 0 Å². The number of likely N-dealkylation sites (tertiary alicyclic amines) is 1. The van der Waals surface area contributed by atoms with Crippen molar-refractivity contribution < 1.29 is 0 Å². The molecule has 3 aliphatic rings. The van der Waals surface area contributed by atoms with E-state index < -0.39 is 0 Å². The molecular weight excluding hydrogens is 242 g/mol. The first-order chi connectivity index (χ1) is 9.85. The van der Waals surface area contributed by atoms with Crippen molar-refractivity contribution in [2.24, 2.45) is 5.41 Å². The standard InChI is InChI=1S/C19H27N/c1-2-6-17-15-19(10-7-16(17)5-1)11-8-18(9-12-19)20-13-3-4-14-20/h1-2,5-6,18H,3-4,7-15H2. The smallest absolute Gasteiger partial charge is 0.00956 e. The fourth-order valence-corrected chi connectivity index (χ4v) is 4.98. The first-order valence-corrected chi connectivity index (χ1v) is 8.66. The summed E-state index contributed by atoms with van der Waals surface area (Å²) in [6.07, 6.45) is 12.9. The van der Waals surface area contributed by atoms with Gasteiger partial charge >= 0.3 is 0 Å². The van der Waals surface area contributed by atoms with Crippen molar-refractivity contribution in [3.05, 3.63) is 35.4 Å². The molecule has 2 aliphatic carbocycles. The summed E-state index contributed by atoms with van der Waals surface area (Å²) in [7, 11) is 0. The Morgan fingerprint density at radius 1 is 0.900 bits per heavy atom. The van der Waals surface area contributed by atoms with Gasteiger partial charge in [0.05, 0.1) is 0 Å². The Balaban J connectivity index is 1.44. The normalized spacial score (nSPS) is 34.3. The SMILES string of the molecule is c1ccc2c(c1)CCC1(CCC(N3CCCC3)CC1)C2. The molecule has 20 heavy (non-hydrogen) atoms. The predicted octanol–water partition coefficient (Wildman–Crippen LogP) is 4.20. The highest BCUT2D eigenvalue weighted by molar-refractivity contribution is 5.31. The molecule has 1 aromatic carbocycles. The van der Waals surface area contributed by atoms with E-state index >= 15 is 0 Å². The van der Waals surface area contributed by atoms with Crippen LogP contribution >= 0.6 is 0 Å². The zero-order chi connectivity index (χ0) is 13.4. The van der Waals surface area contributed by atoms with Crippen molar-refractivity contribution >= 4 is 0 Å². The molecule has 1 spiro atoms. The van der Waals surface area contributed by atoms with Crippen LogP contribution in [-0.2, 0) is 12.8 Å². The molecular formula is C19H27N. The van der Waals surface area contributed by atoms with Gasteiger partial charge in [-0.1, -0.05) is 24.3 Å². The summed E-state index contributed by atoms with van der Waals surface area (Å²) in [5, 5.41) is 0. The van der Waals surface area contributed by atoms with Crippen molar-refractivity contribution in [2.45, 2.75) is 63.8 Å². The number of benzene rings is 1. The van der Waals surface area contributed by atoms with Crippen LogP contribution < -0.4 is 0 Å². The van der Waals surface area contributed by atoms with Crippen LogP contribution in [0.2, 0.25) is 0 Å². The van der Waals surface area contributed by atoms with Gasteiger partial charge in [0.25, 0.3) is 0 Å². The lowest BCUT2D eigenvalue weighted by Gasteiger charge is -2.45. The first kappa shape index (κ1) is 12.9. The summed E-state index contributed by atoms with van der Waals surface area (Å²) in [5.74, 6) is 0. The number of hydrogen-bond donors (Lipinski definition) is 0. The molecule has 1 aromatic rings. The minimum absolute atomic E-state index is 0.657. The summed E-state index contributed by atoms with van der Waals surface area (Å²) >= 11 is 0. The quantitative estimate of drug-likeness (QED) is 0.738. The van der Waals surface area contributed by atoms with Gasteiger partial charge in [0.15, 0.2) is 0 Å². The molecule has 1 heteroatoms.